The zero-order chi connectivity index (χ0) is 18.0. The molecular formula is C18H15Cl2N3O2. The highest BCUT2D eigenvalue weighted by Gasteiger charge is 2.16. The number of aromatic amines is 1. The van der Waals surface area contributed by atoms with Crippen LogP contribution in [0.25, 0.3) is 10.8 Å². The molecule has 0 bridgehead atoms. The van der Waals surface area contributed by atoms with Crippen LogP contribution < -0.4 is 16.6 Å². The van der Waals surface area contributed by atoms with Gasteiger partial charge in [-0.15, -0.1) is 0 Å². The minimum Gasteiger partial charge on any atom is -0.329 e. The van der Waals surface area contributed by atoms with Crippen LogP contribution in [-0.2, 0) is 11.2 Å². The van der Waals surface area contributed by atoms with E-state index in [0.29, 0.717) is 27.9 Å². The first-order valence-electron chi connectivity index (χ1n) is 7.56. The van der Waals surface area contributed by atoms with Crippen molar-refractivity contribution < 1.29 is 4.79 Å². The number of H-pyrrole nitrogens is 1. The zero-order valence-corrected chi connectivity index (χ0v) is 14.6. The van der Waals surface area contributed by atoms with Gasteiger partial charge >= 0.3 is 0 Å². The second-order valence-electron chi connectivity index (χ2n) is 5.65. The van der Waals surface area contributed by atoms with Crippen LogP contribution in [0.4, 0.5) is 5.69 Å². The lowest BCUT2D eigenvalue weighted by Crippen LogP contribution is -2.37. The number of halogens is 2. The average molecular weight is 376 g/mol. The van der Waals surface area contributed by atoms with Gasteiger partial charge in [0, 0.05) is 16.6 Å². The molecule has 0 aliphatic rings. The topological polar surface area (TPSA) is 88.0 Å². The van der Waals surface area contributed by atoms with E-state index in [1.165, 1.54) is 12.3 Å². The summed E-state index contributed by atoms with van der Waals surface area (Å²) in [6.45, 7) is 0. The van der Waals surface area contributed by atoms with Gasteiger partial charge in [-0.1, -0.05) is 35.3 Å². The van der Waals surface area contributed by atoms with Gasteiger partial charge in [-0.05, 0) is 47.7 Å². The summed E-state index contributed by atoms with van der Waals surface area (Å²) in [7, 11) is 0. The number of hydrogen-bond donors (Lipinski definition) is 3. The lowest BCUT2D eigenvalue weighted by molar-refractivity contribution is -0.117. The van der Waals surface area contributed by atoms with E-state index in [1.54, 1.807) is 24.3 Å². The number of carbonyl (C=O) groups excluding carboxylic acids is 1. The molecule has 0 saturated heterocycles. The highest BCUT2D eigenvalue weighted by molar-refractivity contribution is 6.34. The Kier molecular flexibility index (Phi) is 5.08. The second-order valence-corrected chi connectivity index (χ2v) is 6.50. The number of benzene rings is 2. The van der Waals surface area contributed by atoms with Crippen molar-refractivity contribution in [2.45, 2.75) is 12.5 Å². The molecule has 128 valence electrons. The molecule has 1 amide bonds. The molecule has 3 aromatic rings. The maximum absolute atomic E-state index is 12.4. The summed E-state index contributed by atoms with van der Waals surface area (Å²) in [5.74, 6) is -0.360. The largest absolute Gasteiger partial charge is 0.329 e. The molecule has 3 rings (SSSR count). The summed E-state index contributed by atoms with van der Waals surface area (Å²) in [5.41, 5.74) is 7.06. The van der Waals surface area contributed by atoms with Crippen molar-refractivity contribution in [3.05, 3.63) is 74.6 Å². The van der Waals surface area contributed by atoms with Gasteiger partial charge in [0.05, 0.1) is 16.8 Å². The fraction of sp³-hybridized carbons (Fsp3) is 0.111. The summed E-state index contributed by atoms with van der Waals surface area (Å²) in [5, 5.41) is 4.75. The summed E-state index contributed by atoms with van der Waals surface area (Å²) >= 11 is 12.0. The molecule has 0 saturated carbocycles. The van der Waals surface area contributed by atoms with Crippen LogP contribution in [0.2, 0.25) is 10.0 Å². The van der Waals surface area contributed by atoms with E-state index in [2.05, 4.69) is 10.3 Å². The van der Waals surface area contributed by atoms with E-state index in [0.717, 1.165) is 5.56 Å². The molecule has 0 aliphatic carbocycles. The number of aromatic nitrogens is 1. The van der Waals surface area contributed by atoms with Crippen molar-refractivity contribution in [2.24, 2.45) is 5.73 Å². The predicted octanol–water partition coefficient (Wildman–Crippen LogP) is 3.34. The SMILES string of the molecule is NC(Cc1ccc(Cl)cc1)C(=O)Nc1cc2cc[nH]c(=O)c2cc1Cl. The van der Waals surface area contributed by atoms with Crippen LogP contribution in [0.15, 0.2) is 53.5 Å². The number of anilines is 1. The van der Waals surface area contributed by atoms with Gasteiger partial charge in [-0.25, -0.2) is 0 Å². The first kappa shape index (κ1) is 17.5. The van der Waals surface area contributed by atoms with Crippen molar-refractivity contribution in [2.75, 3.05) is 5.32 Å². The number of amides is 1. The van der Waals surface area contributed by atoms with Gasteiger partial charge in [0.1, 0.15) is 0 Å². The van der Waals surface area contributed by atoms with Crippen LogP contribution in [0.5, 0.6) is 0 Å². The lowest BCUT2D eigenvalue weighted by atomic mass is 10.1. The zero-order valence-electron chi connectivity index (χ0n) is 13.1. The van der Waals surface area contributed by atoms with Crippen molar-refractivity contribution >= 4 is 45.6 Å². The van der Waals surface area contributed by atoms with E-state index in [4.69, 9.17) is 28.9 Å². The number of nitrogens with two attached hydrogens (primary N) is 1. The van der Waals surface area contributed by atoms with E-state index < -0.39 is 6.04 Å². The van der Waals surface area contributed by atoms with Gasteiger partial charge in [-0.3, -0.25) is 9.59 Å². The molecule has 0 aliphatic heterocycles. The van der Waals surface area contributed by atoms with E-state index in [1.807, 2.05) is 12.1 Å². The number of rotatable bonds is 4. The molecule has 0 radical (unpaired) electrons. The summed E-state index contributed by atoms with van der Waals surface area (Å²) in [6, 6.07) is 11.3. The average Bonchev–Trinajstić information content (AvgIpc) is 2.58. The van der Waals surface area contributed by atoms with Crippen LogP contribution in [0.3, 0.4) is 0 Å². The molecule has 5 nitrogen and oxygen atoms in total. The molecule has 1 atom stereocenters. The Morgan fingerprint density at radius 2 is 1.88 bits per heavy atom. The Hall–Kier alpha value is -2.34. The van der Waals surface area contributed by atoms with Gasteiger partial charge < -0.3 is 16.0 Å². The predicted molar refractivity (Wildman–Crippen MR) is 101 cm³/mol. The fourth-order valence-corrected chi connectivity index (χ4v) is 2.83. The number of nitrogens with one attached hydrogen (secondary N) is 2. The second kappa shape index (κ2) is 7.27. The van der Waals surface area contributed by atoms with Gasteiger partial charge in [0.2, 0.25) is 5.91 Å². The molecule has 25 heavy (non-hydrogen) atoms. The molecule has 4 N–H and O–H groups in total. The summed E-state index contributed by atoms with van der Waals surface area (Å²) in [6.07, 6.45) is 1.91. The van der Waals surface area contributed by atoms with E-state index in [9.17, 15) is 9.59 Å². The standard InChI is InChI=1S/C18H15Cl2N3O2/c19-12-3-1-10(2-4-12)7-15(21)18(25)23-16-8-11-5-6-22-17(24)13(11)9-14(16)20/h1-6,8-9,15H,7,21H2,(H,22,24)(H,23,25). The highest BCUT2D eigenvalue weighted by Crippen LogP contribution is 2.26. The van der Waals surface area contributed by atoms with Crippen molar-refractivity contribution in [3.63, 3.8) is 0 Å². The fourth-order valence-electron chi connectivity index (χ4n) is 2.50. The van der Waals surface area contributed by atoms with Crippen LogP contribution in [0, 0.1) is 0 Å². The normalized spacial score (nSPS) is 12.1. The van der Waals surface area contributed by atoms with Crippen molar-refractivity contribution in [1.29, 1.82) is 0 Å². The van der Waals surface area contributed by atoms with Crippen LogP contribution >= 0.6 is 23.2 Å². The number of carbonyl (C=O) groups is 1. The van der Waals surface area contributed by atoms with Gasteiger partial charge in [-0.2, -0.15) is 0 Å². The summed E-state index contributed by atoms with van der Waals surface area (Å²) in [4.78, 5) is 26.7. The Labute approximate surface area is 153 Å². The monoisotopic (exact) mass is 375 g/mol. The third-order valence-corrected chi connectivity index (χ3v) is 4.39. The first-order chi connectivity index (χ1) is 11.9. The minimum absolute atomic E-state index is 0.239. The molecule has 0 spiro atoms. The maximum atomic E-state index is 12.4. The molecule has 0 fully saturated rings. The minimum atomic E-state index is -0.743. The molecule has 1 unspecified atom stereocenters. The van der Waals surface area contributed by atoms with E-state index >= 15 is 0 Å². The number of hydrogen-bond acceptors (Lipinski definition) is 3. The van der Waals surface area contributed by atoms with Gasteiger partial charge in [0.15, 0.2) is 0 Å². The third-order valence-electron chi connectivity index (χ3n) is 3.82. The Bertz CT molecular complexity index is 984. The molecular weight excluding hydrogens is 361 g/mol. The first-order valence-corrected chi connectivity index (χ1v) is 8.31. The molecule has 1 heterocycles. The number of fused-ring (bicyclic) bond motifs is 1. The molecule has 2 aromatic carbocycles. The Balaban J connectivity index is 1.78. The number of pyridine rings is 1. The van der Waals surface area contributed by atoms with Crippen molar-refractivity contribution in [3.8, 4) is 0 Å². The van der Waals surface area contributed by atoms with E-state index in [-0.39, 0.29) is 16.5 Å². The quantitative estimate of drug-likeness (QED) is 0.653. The smallest absolute Gasteiger partial charge is 0.255 e. The lowest BCUT2D eigenvalue weighted by Gasteiger charge is -2.14. The van der Waals surface area contributed by atoms with Gasteiger partial charge in [0.25, 0.3) is 5.56 Å². The van der Waals surface area contributed by atoms with Crippen LogP contribution in [-0.4, -0.2) is 16.9 Å². The van der Waals surface area contributed by atoms with Crippen LogP contribution in [0.1, 0.15) is 5.56 Å². The Morgan fingerprint density at radius 3 is 2.60 bits per heavy atom. The summed E-state index contributed by atoms with van der Waals surface area (Å²) < 4.78 is 0. The Morgan fingerprint density at radius 1 is 1.16 bits per heavy atom. The third kappa shape index (κ3) is 4.02. The molecule has 1 aromatic heterocycles. The highest BCUT2D eigenvalue weighted by atomic mass is 35.5. The molecule has 7 heteroatoms. The van der Waals surface area contributed by atoms with Crippen molar-refractivity contribution in [1.82, 2.24) is 4.98 Å². The maximum Gasteiger partial charge on any atom is 0.255 e.